The summed E-state index contributed by atoms with van der Waals surface area (Å²) in [4.78, 5) is 17.1. The third kappa shape index (κ3) is 6.83. The summed E-state index contributed by atoms with van der Waals surface area (Å²) in [7, 11) is -3.52. The van der Waals surface area contributed by atoms with E-state index in [1.807, 2.05) is 12.1 Å². The van der Waals surface area contributed by atoms with Crippen molar-refractivity contribution in [1.29, 1.82) is 0 Å². The summed E-state index contributed by atoms with van der Waals surface area (Å²) in [6.45, 7) is 8.38. The lowest BCUT2D eigenvalue weighted by atomic mass is 10.2. The van der Waals surface area contributed by atoms with Crippen molar-refractivity contribution >= 4 is 21.6 Å². The van der Waals surface area contributed by atoms with Crippen molar-refractivity contribution in [2.45, 2.75) is 31.7 Å². The second kappa shape index (κ2) is 11.7. The first-order valence-corrected chi connectivity index (χ1v) is 12.9. The van der Waals surface area contributed by atoms with E-state index in [-0.39, 0.29) is 23.2 Å². The van der Waals surface area contributed by atoms with Crippen LogP contribution in [0.3, 0.4) is 0 Å². The molecular formula is C24H33FN4O3S. The number of hydrogen-bond acceptors (Lipinski definition) is 5. The number of carbonyl (C=O) groups is 1. The maximum Gasteiger partial charge on any atom is 0.243 e. The summed E-state index contributed by atoms with van der Waals surface area (Å²) >= 11 is 0. The Kier molecular flexibility index (Phi) is 8.96. The molecule has 1 fully saturated rings. The van der Waals surface area contributed by atoms with Crippen LogP contribution in [-0.4, -0.2) is 74.2 Å². The Bertz CT molecular complexity index is 1030. The average molecular weight is 477 g/mol. The minimum atomic E-state index is -3.52. The van der Waals surface area contributed by atoms with Gasteiger partial charge in [-0.2, -0.15) is 4.31 Å². The fourth-order valence-electron chi connectivity index (χ4n) is 4.03. The summed E-state index contributed by atoms with van der Waals surface area (Å²) in [5.41, 5.74) is 1.25. The van der Waals surface area contributed by atoms with E-state index in [1.165, 1.54) is 22.5 Å². The SMILES string of the molecule is CCN(CC)S(=O)(=O)c1ccc(NC(=O)CN2CCCN(Cc3ccccc3F)CC2)cc1. The molecule has 9 heteroatoms. The van der Waals surface area contributed by atoms with Gasteiger partial charge in [-0.15, -0.1) is 0 Å². The van der Waals surface area contributed by atoms with Crippen molar-refractivity contribution < 1.29 is 17.6 Å². The molecule has 33 heavy (non-hydrogen) atoms. The number of anilines is 1. The highest BCUT2D eigenvalue weighted by atomic mass is 32.2. The van der Waals surface area contributed by atoms with E-state index in [4.69, 9.17) is 0 Å². The van der Waals surface area contributed by atoms with Gasteiger partial charge in [0.25, 0.3) is 0 Å². The Morgan fingerprint density at radius 2 is 1.61 bits per heavy atom. The lowest BCUT2D eigenvalue weighted by Crippen LogP contribution is -2.36. The van der Waals surface area contributed by atoms with Crippen LogP contribution >= 0.6 is 0 Å². The maximum absolute atomic E-state index is 13.9. The van der Waals surface area contributed by atoms with Gasteiger partial charge in [0, 0.05) is 44.0 Å². The summed E-state index contributed by atoms with van der Waals surface area (Å²) in [5.74, 6) is -0.328. The van der Waals surface area contributed by atoms with E-state index in [2.05, 4.69) is 15.1 Å². The largest absolute Gasteiger partial charge is 0.325 e. The predicted molar refractivity (Wildman–Crippen MR) is 128 cm³/mol. The standard InChI is InChI=1S/C24H33FN4O3S/c1-3-29(4-2)33(31,32)22-12-10-21(11-13-22)26-24(30)19-28-15-7-14-27(16-17-28)18-20-8-5-6-9-23(20)25/h5-6,8-13H,3-4,7,14-19H2,1-2H3,(H,26,30). The van der Waals surface area contributed by atoms with Crippen LogP contribution in [0.4, 0.5) is 10.1 Å². The molecule has 2 aromatic rings. The van der Waals surface area contributed by atoms with Gasteiger partial charge in [-0.3, -0.25) is 14.6 Å². The predicted octanol–water partition coefficient (Wildman–Crippen LogP) is 3.00. The normalized spacial score (nSPS) is 16.0. The van der Waals surface area contributed by atoms with E-state index in [9.17, 15) is 17.6 Å². The quantitative estimate of drug-likeness (QED) is 0.602. The number of halogens is 1. The second-order valence-electron chi connectivity index (χ2n) is 8.16. The average Bonchev–Trinajstić information content (AvgIpc) is 3.01. The highest BCUT2D eigenvalue weighted by Crippen LogP contribution is 2.18. The third-order valence-corrected chi connectivity index (χ3v) is 7.95. The first kappa shape index (κ1) is 25.3. The molecule has 0 aromatic heterocycles. The highest BCUT2D eigenvalue weighted by Gasteiger charge is 2.22. The van der Waals surface area contributed by atoms with Crippen LogP contribution in [0.1, 0.15) is 25.8 Å². The Labute approximate surface area is 196 Å². The number of carbonyl (C=O) groups excluding carboxylic acids is 1. The van der Waals surface area contributed by atoms with Gasteiger partial charge in [0.1, 0.15) is 5.82 Å². The van der Waals surface area contributed by atoms with E-state index >= 15 is 0 Å². The van der Waals surface area contributed by atoms with Crippen molar-refractivity contribution in [3.8, 4) is 0 Å². The summed E-state index contributed by atoms with van der Waals surface area (Å²) in [6, 6.07) is 13.1. The molecule has 0 atom stereocenters. The van der Waals surface area contributed by atoms with E-state index in [1.54, 1.807) is 32.0 Å². The lowest BCUT2D eigenvalue weighted by molar-refractivity contribution is -0.117. The van der Waals surface area contributed by atoms with Gasteiger partial charge in [-0.1, -0.05) is 32.0 Å². The lowest BCUT2D eigenvalue weighted by Gasteiger charge is -2.22. The number of nitrogens with one attached hydrogen (secondary N) is 1. The number of benzene rings is 2. The monoisotopic (exact) mass is 476 g/mol. The van der Waals surface area contributed by atoms with Crippen LogP contribution in [0.15, 0.2) is 53.4 Å². The first-order chi connectivity index (χ1) is 15.8. The van der Waals surface area contributed by atoms with Gasteiger partial charge in [-0.25, -0.2) is 12.8 Å². The van der Waals surface area contributed by atoms with Gasteiger partial charge in [0.15, 0.2) is 0 Å². The van der Waals surface area contributed by atoms with Crippen LogP contribution in [0, 0.1) is 5.82 Å². The molecule has 1 aliphatic heterocycles. The molecule has 180 valence electrons. The molecule has 0 unspecified atom stereocenters. The summed E-state index contributed by atoms with van der Waals surface area (Å²) in [5, 5.41) is 2.85. The molecule has 7 nitrogen and oxygen atoms in total. The van der Waals surface area contributed by atoms with Gasteiger partial charge >= 0.3 is 0 Å². The maximum atomic E-state index is 13.9. The molecule has 0 radical (unpaired) electrons. The third-order valence-electron chi connectivity index (χ3n) is 5.88. The fraction of sp³-hybridized carbons (Fsp3) is 0.458. The zero-order valence-corrected chi connectivity index (χ0v) is 20.2. The topological polar surface area (TPSA) is 73.0 Å². The zero-order valence-electron chi connectivity index (χ0n) is 19.3. The molecule has 0 saturated carbocycles. The van der Waals surface area contributed by atoms with Crippen LogP contribution in [-0.2, 0) is 21.4 Å². The molecular weight excluding hydrogens is 443 g/mol. The summed E-state index contributed by atoms with van der Waals surface area (Å²) in [6.07, 6.45) is 0.902. The zero-order chi connectivity index (χ0) is 23.8. The minimum absolute atomic E-state index is 0.142. The van der Waals surface area contributed by atoms with Crippen molar-refractivity contribution in [2.24, 2.45) is 0 Å². The van der Waals surface area contributed by atoms with Gasteiger partial charge in [-0.05, 0) is 49.8 Å². The molecule has 1 heterocycles. The molecule has 2 aromatic carbocycles. The Morgan fingerprint density at radius 3 is 2.27 bits per heavy atom. The Morgan fingerprint density at radius 1 is 0.970 bits per heavy atom. The molecule has 1 saturated heterocycles. The van der Waals surface area contributed by atoms with Crippen molar-refractivity contribution in [3.63, 3.8) is 0 Å². The van der Waals surface area contributed by atoms with Crippen LogP contribution in [0.2, 0.25) is 0 Å². The van der Waals surface area contributed by atoms with Crippen molar-refractivity contribution in [3.05, 3.63) is 59.9 Å². The van der Waals surface area contributed by atoms with Crippen LogP contribution < -0.4 is 5.32 Å². The van der Waals surface area contributed by atoms with Crippen molar-refractivity contribution in [1.82, 2.24) is 14.1 Å². The molecule has 0 aliphatic carbocycles. The van der Waals surface area contributed by atoms with E-state index in [0.29, 0.717) is 30.9 Å². The molecule has 1 amide bonds. The number of nitrogens with zero attached hydrogens (tertiary/aromatic N) is 3. The number of amides is 1. The Balaban J connectivity index is 1.51. The van der Waals surface area contributed by atoms with Gasteiger partial charge < -0.3 is 5.32 Å². The van der Waals surface area contributed by atoms with Crippen LogP contribution in [0.5, 0.6) is 0 Å². The van der Waals surface area contributed by atoms with Gasteiger partial charge in [0.05, 0.1) is 11.4 Å². The number of hydrogen-bond donors (Lipinski definition) is 1. The fourth-order valence-corrected chi connectivity index (χ4v) is 5.49. The van der Waals surface area contributed by atoms with Crippen LogP contribution in [0.25, 0.3) is 0 Å². The molecule has 1 aliphatic rings. The first-order valence-electron chi connectivity index (χ1n) is 11.4. The number of sulfonamides is 1. The molecule has 3 rings (SSSR count). The van der Waals surface area contributed by atoms with Crippen molar-refractivity contribution in [2.75, 3.05) is 51.1 Å². The Hall–Kier alpha value is -2.33. The molecule has 0 bridgehead atoms. The number of rotatable bonds is 9. The molecule has 0 spiro atoms. The van der Waals surface area contributed by atoms with E-state index in [0.717, 1.165) is 32.6 Å². The molecule has 1 N–H and O–H groups in total. The highest BCUT2D eigenvalue weighted by molar-refractivity contribution is 7.89. The second-order valence-corrected chi connectivity index (χ2v) is 10.1. The van der Waals surface area contributed by atoms with Gasteiger partial charge in [0.2, 0.25) is 15.9 Å². The van der Waals surface area contributed by atoms with E-state index < -0.39 is 10.0 Å². The smallest absolute Gasteiger partial charge is 0.243 e. The summed E-state index contributed by atoms with van der Waals surface area (Å²) < 4.78 is 40.5. The minimum Gasteiger partial charge on any atom is -0.325 e.